The average molecular weight is 310 g/mol. The Hall–Kier alpha value is -0.870. The second kappa shape index (κ2) is 4.42. The minimum atomic E-state index is 0.252. The smallest absolute Gasteiger partial charge is 0.224 e. The quantitative estimate of drug-likeness (QED) is 0.779. The van der Waals surface area contributed by atoms with Crippen molar-refractivity contribution in [3.8, 4) is 0 Å². The van der Waals surface area contributed by atoms with Crippen molar-refractivity contribution >= 4 is 43.3 Å². The zero-order valence-corrected chi connectivity index (χ0v) is 11.6. The molecule has 1 aromatic heterocycles. The van der Waals surface area contributed by atoms with Crippen LogP contribution in [0.1, 0.15) is 12.0 Å². The zero-order valence-electron chi connectivity index (χ0n) is 9.23. The largest absolute Gasteiger partial charge is 0.337 e. The van der Waals surface area contributed by atoms with Gasteiger partial charge in [-0.05, 0) is 22.4 Å². The van der Waals surface area contributed by atoms with Crippen molar-refractivity contribution < 1.29 is 4.79 Å². The van der Waals surface area contributed by atoms with Crippen LogP contribution in [-0.4, -0.2) is 22.2 Å². The Labute approximate surface area is 112 Å². The van der Waals surface area contributed by atoms with Crippen molar-refractivity contribution in [2.75, 3.05) is 6.54 Å². The van der Waals surface area contributed by atoms with Crippen LogP contribution in [-0.2, 0) is 11.3 Å². The lowest BCUT2D eigenvalue weighted by Crippen LogP contribution is -2.24. The van der Waals surface area contributed by atoms with Gasteiger partial charge in [0.25, 0.3) is 0 Å². The van der Waals surface area contributed by atoms with Gasteiger partial charge in [-0.2, -0.15) is 0 Å². The first-order chi connectivity index (χ1) is 8.24. The van der Waals surface area contributed by atoms with E-state index in [4.69, 9.17) is 0 Å². The van der Waals surface area contributed by atoms with E-state index in [2.05, 4.69) is 45.6 Å². The van der Waals surface area contributed by atoms with Crippen molar-refractivity contribution in [1.29, 1.82) is 0 Å². The summed E-state index contributed by atoms with van der Waals surface area (Å²) in [4.78, 5) is 14.0. The normalized spacial score (nSPS) is 20.4. The van der Waals surface area contributed by atoms with Gasteiger partial charge in [-0.25, -0.2) is 0 Å². The first-order valence-electron chi connectivity index (χ1n) is 5.61. The van der Waals surface area contributed by atoms with E-state index in [0.29, 0.717) is 11.2 Å². The first kappa shape index (κ1) is 11.2. The van der Waals surface area contributed by atoms with Gasteiger partial charge in [0.05, 0.1) is 0 Å². The predicted molar refractivity (Wildman–Crippen MR) is 74.6 cm³/mol. The Balaban J connectivity index is 1.88. The van der Waals surface area contributed by atoms with Crippen LogP contribution in [0.5, 0.6) is 0 Å². The van der Waals surface area contributed by atoms with Crippen LogP contribution >= 0.6 is 27.3 Å². The Morgan fingerprint density at radius 2 is 2.24 bits per heavy atom. The number of alkyl halides is 1. The van der Waals surface area contributed by atoms with Crippen LogP contribution in [0.3, 0.4) is 0 Å². The van der Waals surface area contributed by atoms with Crippen LogP contribution in [0.25, 0.3) is 10.1 Å². The fourth-order valence-electron chi connectivity index (χ4n) is 2.24. The van der Waals surface area contributed by atoms with Gasteiger partial charge in [-0.15, -0.1) is 11.3 Å². The monoisotopic (exact) mass is 309 g/mol. The molecule has 1 saturated heterocycles. The molecule has 2 nitrogen and oxygen atoms in total. The molecule has 3 rings (SSSR count). The minimum absolute atomic E-state index is 0.252. The molecule has 0 N–H and O–H groups in total. The van der Waals surface area contributed by atoms with Gasteiger partial charge in [0, 0.05) is 29.0 Å². The lowest BCUT2D eigenvalue weighted by atomic mass is 10.2. The molecule has 0 spiro atoms. The third kappa shape index (κ3) is 2.11. The van der Waals surface area contributed by atoms with E-state index in [1.807, 2.05) is 4.90 Å². The Morgan fingerprint density at radius 3 is 3.00 bits per heavy atom. The highest BCUT2D eigenvalue weighted by atomic mass is 79.9. The van der Waals surface area contributed by atoms with Gasteiger partial charge in [0.2, 0.25) is 5.91 Å². The molecule has 0 saturated carbocycles. The third-order valence-electron chi connectivity index (χ3n) is 3.09. The van der Waals surface area contributed by atoms with E-state index in [9.17, 15) is 4.79 Å². The summed E-state index contributed by atoms with van der Waals surface area (Å²) < 4.78 is 1.30. The fourth-order valence-corrected chi connectivity index (χ4v) is 3.82. The highest BCUT2D eigenvalue weighted by Crippen LogP contribution is 2.28. The molecule has 0 radical (unpaired) electrons. The van der Waals surface area contributed by atoms with Crippen LogP contribution in [0.4, 0.5) is 0 Å². The molecule has 1 amide bonds. The number of thiophene rings is 1. The molecular weight excluding hydrogens is 298 g/mol. The molecule has 17 heavy (non-hydrogen) atoms. The van der Waals surface area contributed by atoms with Gasteiger partial charge in [0.1, 0.15) is 0 Å². The van der Waals surface area contributed by atoms with Crippen molar-refractivity contribution in [3.05, 3.63) is 35.2 Å². The molecule has 1 aliphatic rings. The molecule has 2 aromatic rings. The number of likely N-dealkylation sites (tertiary alicyclic amines) is 1. The molecule has 1 fully saturated rings. The molecule has 1 atom stereocenters. The highest BCUT2D eigenvalue weighted by Gasteiger charge is 2.27. The molecule has 0 aliphatic carbocycles. The van der Waals surface area contributed by atoms with E-state index in [0.717, 1.165) is 13.1 Å². The van der Waals surface area contributed by atoms with Crippen molar-refractivity contribution in [1.82, 2.24) is 4.90 Å². The van der Waals surface area contributed by atoms with Crippen LogP contribution in [0.2, 0.25) is 0 Å². The molecule has 1 aliphatic heterocycles. The minimum Gasteiger partial charge on any atom is -0.337 e. The maximum Gasteiger partial charge on any atom is 0.224 e. The maximum atomic E-state index is 11.7. The van der Waals surface area contributed by atoms with Crippen molar-refractivity contribution in [3.63, 3.8) is 0 Å². The van der Waals surface area contributed by atoms with E-state index in [1.54, 1.807) is 11.3 Å². The fraction of sp³-hybridized carbons (Fsp3) is 0.308. The summed E-state index contributed by atoms with van der Waals surface area (Å²) >= 11 is 5.26. The highest BCUT2D eigenvalue weighted by molar-refractivity contribution is 9.09. The number of carbonyl (C=O) groups excluding carboxylic acids is 1. The Bertz CT molecular complexity index is 565. The summed E-state index contributed by atoms with van der Waals surface area (Å²) in [5.74, 6) is 0.252. The molecule has 4 heteroatoms. The van der Waals surface area contributed by atoms with Gasteiger partial charge in [0.15, 0.2) is 0 Å². The summed E-state index contributed by atoms with van der Waals surface area (Å²) in [6, 6.07) is 8.37. The summed E-state index contributed by atoms with van der Waals surface area (Å²) in [5.41, 5.74) is 1.26. The zero-order chi connectivity index (χ0) is 11.8. The topological polar surface area (TPSA) is 20.3 Å². The molecule has 1 unspecified atom stereocenters. The summed E-state index contributed by atoms with van der Waals surface area (Å²) in [5, 5.41) is 3.45. The number of amides is 1. The van der Waals surface area contributed by atoms with E-state index in [1.165, 1.54) is 15.6 Å². The number of halogens is 1. The number of hydrogen-bond donors (Lipinski definition) is 0. The second-order valence-corrected chi connectivity index (χ2v) is 6.54. The van der Waals surface area contributed by atoms with Crippen LogP contribution < -0.4 is 0 Å². The van der Waals surface area contributed by atoms with Crippen LogP contribution in [0.15, 0.2) is 29.6 Å². The lowest BCUT2D eigenvalue weighted by Gasteiger charge is -2.15. The van der Waals surface area contributed by atoms with E-state index >= 15 is 0 Å². The van der Waals surface area contributed by atoms with Gasteiger partial charge in [-0.3, -0.25) is 4.79 Å². The Morgan fingerprint density at radius 1 is 1.41 bits per heavy atom. The Kier molecular flexibility index (Phi) is 2.92. The standard InChI is InChI=1S/C13H12BrNOS/c14-10-5-13(16)15(7-10)6-9-8-17-12-4-2-1-3-11(9)12/h1-4,8,10H,5-7H2. The number of benzene rings is 1. The number of carbonyl (C=O) groups is 1. The average Bonchev–Trinajstić information content (AvgIpc) is 2.85. The molecule has 0 bridgehead atoms. The third-order valence-corrected chi connectivity index (χ3v) is 4.72. The summed E-state index contributed by atoms with van der Waals surface area (Å²) in [6.45, 7) is 1.56. The SMILES string of the molecule is O=C1CC(Br)CN1Cc1csc2ccccc12. The van der Waals surface area contributed by atoms with E-state index in [-0.39, 0.29) is 5.91 Å². The van der Waals surface area contributed by atoms with Gasteiger partial charge >= 0.3 is 0 Å². The lowest BCUT2D eigenvalue weighted by molar-refractivity contribution is -0.128. The molecular formula is C13H12BrNOS. The van der Waals surface area contributed by atoms with Crippen molar-refractivity contribution in [2.45, 2.75) is 17.8 Å². The first-order valence-corrected chi connectivity index (χ1v) is 7.40. The molecule has 88 valence electrons. The number of nitrogens with zero attached hydrogens (tertiary/aromatic N) is 1. The number of hydrogen-bond acceptors (Lipinski definition) is 2. The molecule has 2 heterocycles. The molecule has 1 aromatic carbocycles. The van der Waals surface area contributed by atoms with Crippen molar-refractivity contribution in [2.24, 2.45) is 0 Å². The predicted octanol–water partition coefficient (Wildman–Crippen LogP) is 3.40. The second-order valence-electron chi connectivity index (χ2n) is 4.33. The number of rotatable bonds is 2. The van der Waals surface area contributed by atoms with Gasteiger partial charge in [-0.1, -0.05) is 34.1 Å². The summed E-state index contributed by atoms with van der Waals surface area (Å²) in [7, 11) is 0. The van der Waals surface area contributed by atoms with E-state index < -0.39 is 0 Å². The van der Waals surface area contributed by atoms with Gasteiger partial charge < -0.3 is 4.90 Å². The number of fused-ring (bicyclic) bond motifs is 1. The van der Waals surface area contributed by atoms with Crippen LogP contribution in [0, 0.1) is 0 Å². The maximum absolute atomic E-state index is 11.7. The summed E-state index contributed by atoms with van der Waals surface area (Å²) in [6.07, 6.45) is 0.627.